The molecule has 30 heavy (non-hydrogen) atoms. The number of hydrogen-bond donors (Lipinski definition) is 0. The highest BCUT2D eigenvalue weighted by molar-refractivity contribution is 5.91. The molecule has 4 rings (SSSR count). The molecule has 3 fully saturated rings. The summed E-state index contributed by atoms with van der Waals surface area (Å²) >= 11 is 0. The molecule has 166 valence electrons. The van der Waals surface area contributed by atoms with Crippen molar-refractivity contribution in [3.63, 3.8) is 0 Å². The number of benzene rings is 1. The fraction of sp³-hybridized carbons (Fsp3) is 0.731. The van der Waals surface area contributed by atoms with Crippen molar-refractivity contribution < 1.29 is 9.53 Å². The Morgan fingerprint density at radius 3 is 2.10 bits per heavy atom. The van der Waals surface area contributed by atoms with Crippen molar-refractivity contribution >= 4 is 5.91 Å². The molecular formula is C26H40N2O2. The van der Waals surface area contributed by atoms with E-state index in [-0.39, 0.29) is 10.8 Å². The van der Waals surface area contributed by atoms with Gasteiger partial charge in [-0.15, -0.1) is 0 Å². The van der Waals surface area contributed by atoms with Gasteiger partial charge in [0.15, 0.2) is 0 Å². The zero-order valence-corrected chi connectivity index (χ0v) is 19.6. The molecule has 2 saturated heterocycles. The molecule has 4 heteroatoms. The zero-order valence-electron chi connectivity index (χ0n) is 19.6. The maximum atomic E-state index is 13.4. The average Bonchev–Trinajstić information content (AvgIpc) is 3.49. The molecule has 0 N–H and O–H groups in total. The largest absolute Gasteiger partial charge is 0.373 e. The van der Waals surface area contributed by atoms with Crippen LogP contribution in [0.4, 0.5) is 0 Å². The van der Waals surface area contributed by atoms with Crippen molar-refractivity contribution in [3.8, 4) is 0 Å². The van der Waals surface area contributed by atoms with Gasteiger partial charge in [0.1, 0.15) is 0 Å². The number of nitrogens with zero attached hydrogens (tertiary/aromatic N) is 2. The predicted octanol–water partition coefficient (Wildman–Crippen LogP) is 4.36. The highest BCUT2D eigenvalue weighted by Gasteiger charge is 2.53. The average molecular weight is 413 g/mol. The molecule has 2 heterocycles. The summed E-state index contributed by atoms with van der Waals surface area (Å²) < 4.78 is 5.87. The van der Waals surface area contributed by atoms with Crippen LogP contribution >= 0.6 is 0 Å². The van der Waals surface area contributed by atoms with E-state index in [2.05, 4.69) is 68.7 Å². The normalized spacial score (nSPS) is 27.8. The lowest BCUT2D eigenvalue weighted by Crippen LogP contribution is -2.49. The second-order valence-electron chi connectivity index (χ2n) is 11.1. The summed E-state index contributed by atoms with van der Waals surface area (Å²) in [6, 6.07) is 8.86. The Morgan fingerprint density at radius 1 is 1.03 bits per heavy atom. The molecule has 2 atom stereocenters. The third-order valence-corrected chi connectivity index (χ3v) is 7.38. The molecular weight excluding hydrogens is 372 g/mol. The third kappa shape index (κ3) is 4.60. The standard InChI is InChI=1S/C26H40N2O2/c1-19-16-27(17-20(2)30-19)18-21-10-14-28(15-11-21)24(29)26(12-13-26)23-8-6-22(7-9-23)25(3,4)5/h6-9,19-21H,10-18H2,1-5H3. The van der Waals surface area contributed by atoms with Gasteiger partial charge in [-0.1, -0.05) is 45.0 Å². The first-order chi connectivity index (χ1) is 14.2. The first-order valence-electron chi connectivity index (χ1n) is 12.0. The van der Waals surface area contributed by atoms with E-state index in [1.54, 1.807) is 0 Å². The molecule has 2 unspecified atom stereocenters. The van der Waals surface area contributed by atoms with E-state index in [1.165, 1.54) is 11.1 Å². The maximum absolute atomic E-state index is 13.4. The van der Waals surface area contributed by atoms with E-state index < -0.39 is 0 Å². The van der Waals surface area contributed by atoms with E-state index >= 15 is 0 Å². The number of carbonyl (C=O) groups excluding carboxylic acids is 1. The lowest BCUT2D eigenvalue weighted by atomic mass is 9.84. The number of amides is 1. The van der Waals surface area contributed by atoms with Gasteiger partial charge >= 0.3 is 0 Å². The lowest BCUT2D eigenvalue weighted by Gasteiger charge is -2.40. The Kier molecular flexibility index (Phi) is 6.02. The van der Waals surface area contributed by atoms with E-state index in [1.807, 2.05) is 0 Å². The predicted molar refractivity (Wildman–Crippen MR) is 122 cm³/mol. The third-order valence-electron chi connectivity index (χ3n) is 7.38. The Balaban J connectivity index is 1.33. The first-order valence-corrected chi connectivity index (χ1v) is 12.0. The topological polar surface area (TPSA) is 32.8 Å². The molecule has 0 bridgehead atoms. The van der Waals surface area contributed by atoms with Crippen LogP contribution in [0.15, 0.2) is 24.3 Å². The summed E-state index contributed by atoms with van der Waals surface area (Å²) in [5.74, 6) is 1.07. The Morgan fingerprint density at radius 2 is 1.60 bits per heavy atom. The number of piperidine rings is 1. The van der Waals surface area contributed by atoms with E-state index in [4.69, 9.17) is 4.74 Å². The van der Waals surface area contributed by atoms with Crippen LogP contribution < -0.4 is 0 Å². The van der Waals surface area contributed by atoms with Crippen molar-refractivity contribution in [2.24, 2.45) is 5.92 Å². The second kappa shape index (κ2) is 8.27. The van der Waals surface area contributed by atoms with Crippen LogP contribution in [0.5, 0.6) is 0 Å². The van der Waals surface area contributed by atoms with Crippen LogP contribution in [-0.2, 0) is 20.4 Å². The molecule has 2 aliphatic heterocycles. The van der Waals surface area contributed by atoms with Crippen molar-refractivity contribution in [2.45, 2.75) is 83.3 Å². The SMILES string of the molecule is CC1CN(CC2CCN(C(=O)C3(c4ccc(C(C)(C)C)cc4)CC3)CC2)CC(C)O1. The Hall–Kier alpha value is -1.39. The highest BCUT2D eigenvalue weighted by Crippen LogP contribution is 2.50. The highest BCUT2D eigenvalue weighted by atomic mass is 16.5. The molecule has 4 nitrogen and oxygen atoms in total. The minimum absolute atomic E-state index is 0.150. The monoisotopic (exact) mass is 412 g/mol. The van der Waals surface area contributed by atoms with Crippen LogP contribution in [0, 0.1) is 5.92 Å². The number of hydrogen-bond acceptors (Lipinski definition) is 3. The Labute approximate surface area is 183 Å². The first kappa shape index (κ1) is 21.8. The van der Waals surface area contributed by atoms with Crippen molar-refractivity contribution in [2.75, 3.05) is 32.7 Å². The summed E-state index contributed by atoms with van der Waals surface area (Å²) in [5, 5.41) is 0. The summed E-state index contributed by atoms with van der Waals surface area (Å²) in [6.45, 7) is 16.1. The van der Waals surface area contributed by atoms with Crippen molar-refractivity contribution in [3.05, 3.63) is 35.4 Å². The molecule has 1 aromatic rings. The van der Waals surface area contributed by atoms with E-state index in [0.717, 1.165) is 58.4 Å². The van der Waals surface area contributed by atoms with Gasteiger partial charge in [0.25, 0.3) is 0 Å². The summed E-state index contributed by atoms with van der Waals surface area (Å²) in [4.78, 5) is 18.2. The van der Waals surface area contributed by atoms with Crippen LogP contribution in [0.2, 0.25) is 0 Å². The van der Waals surface area contributed by atoms with Gasteiger partial charge < -0.3 is 9.64 Å². The molecule has 1 aromatic carbocycles. The van der Waals surface area contributed by atoms with Gasteiger partial charge in [0, 0.05) is 32.7 Å². The molecule has 1 amide bonds. The Bertz CT molecular complexity index is 729. The molecule has 0 aromatic heterocycles. The molecule has 1 saturated carbocycles. The number of carbonyl (C=O) groups is 1. The second-order valence-corrected chi connectivity index (χ2v) is 11.1. The summed E-state index contributed by atoms with van der Waals surface area (Å²) in [5.41, 5.74) is 2.47. The van der Waals surface area contributed by atoms with Gasteiger partial charge in [-0.05, 0) is 62.0 Å². The van der Waals surface area contributed by atoms with Gasteiger partial charge in [-0.25, -0.2) is 0 Å². The van der Waals surface area contributed by atoms with Gasteiger partial charge in [-0.3, -0.25) is 9.69 Å². The minimum atomic E-state index is -0.238. The van der Waals surface area contributed by atoms with Gasteiger partial charge in [0.05, 0.1) is 17.6 Å². The zero-order chi connectivity index (χ0) is 21.5. The molecule has 0 spiro atoms. The fourth-order valence-corrected chi connectivity index (χ4v) is 5.46. The van der Waals surface area contributed by atoms with E-state index in [0.29, 0.717) is 24.0 Å². The number of rotatable bonds is 4. The number of ether oxygens (including phenoxy) is 1. The quantitative estimate of drug-likeness (QED) is 0.736. The summed E-state index contributed by atoms with van der Waals surface area (Å²) in [7, 11) is 0. The van der Waals surface area contributed by atoms with Crippen LogP contribution in [0.25, 0.3) is 0 Å². The minimum Gasteiger partial charge on any atom is -0.373 e. The fourth-order valence-electron chi connectivity index (χ4n) is 5.46. The number of likely N-dealkylation sites (tertiary alicyclic amines) is 1. The van der Waals surface area contributed by atoms with Crippen molar-refractivity contribution in [1.82, 2.24) is 9.80 Å². The summed E-state index contributed by atoms with van der Waals surface area (Å²) in [6.07, 6.45) is 4.93. The van der Waals surface area contributed by atoms with Crippen LogP contribution in [-0.4, -0.2) is 60.6 Å². The van der Waals surface area contributed by atoms with Crippen LogP contribution in [0.3, 0.4) is 0 Å². The molecule has 1 aliphatic carbocycles. The van der Waals surface area contributed by atoms with Crippen LogP contribution in [0.1, 0.15) is 71.4 Å². The molecule has 3 aliphatic rings. The lowest BCUT2D eigenvalue weighted by molar-refractivity contribution is -0.135. The van der Waals surface area contributed by atoms with Gasteiger partial charge in [-0.2, -0.15) is 0 Å². The smallest absolute Gasteiger partial charge is 0.233 e. The maximum Gasteiger partial charge on any atom is 0.233 e. The number of morpholine rings is 1. The van der Waals surface area contributed by atoms with Gasteiger partial charge in [0.2, 0.25) is 5.91 Å². The molecule has 0 radical (unpaired) electrons. The van der Waals surface area contributed by atoms with E-state index in [9.17, 15) is 4.79 Å². The van der Waals surface area contributed by atoms with Crippen molar-refractivity contribution in [1.29, 1.82) is 0 Å².